The molecule has 146 valence electrons. The maximum atomic E-state index is 11.9. The van der Waals surface area contributed by atoms with Gasteiger partial charge in [-0.05, 0) is 6.42 Å². The molecule has 1 aliphatic rings. The fourth-order valence-corrected chi connectivity index (χ4v) is 2.55. The van der Waals surface area contributed by atoms with Crippen molar-refractivity contribution in [1.29, 1.82) is 0 Å². The highest BCUT2D eigenvalue weighted by molar-refractivity contribution is 5.85. The van der Waals surface area contributed by atoms with Gasteiger partial charge in [-0.2, -0.15) is 0 Å². The zero-order valence-electron chi connectivity index (χ0n) is 14.5. The van der Waals surface area contributed by atoms with Crippen molar-refractivity contribution in [2.24, 2.45) is 0 Å². The first kappa shape index (κ1) is 21.8. The smallest absolute Gasteiger partial charge is 0.322 e. The normalized spacial score (nSPS) is 29.4. The second kappa shape index (κ2) is 11.4. The number of aliphatic hydroxyl groups excluding tert-OH is 3. The summed E-state index contributed by atoms with van der Waals surface area (Å²) in [6.45, 7) is 1.77. The number of ether oxygens (including phenoxy) is 2. The van der Waals surface area contributed by atoms with E-state index in [0.717, 1.165) is 32.1 Å². The zero-order valence-corrected chi connectivity index (χ0v) is 14.5. The highest BCUT2D eigenvalue weighted by atomic mass is 16.7. The Morgan fingerprint density at radius 2 is 1.64 bits per heavy atom. The van der Waals surface area contributed by atoms with Gasteiger partial charge in [0.25, 0.3) is 5.91 Å². The van der Waals surface area contributed by atoms with Crippen LogP contribution in [-0.2, 0) is 19.1 Å². The fraction of sp³-hybridized carbons (Fsp3) is 0.875. The first-order valence-corrected chi connectivity index (χ1v) is 8.69. The largest absolute Gasteiger partial charge is 0.480 e. The lowest BCUT2D eigenvalue weighted by Crippen LogP contribution is -2.62. The minimum Gasteiger partial charge on any atom is -0.480 e. The van der Waals surface area contributed by atoms with E-state index >= 15 is 0 Å². The number of unbranched alkanes of at least 4 members (excludes halogenated alkanes) is 5. The van der Waals surface area contributed by atoms with Crippen LogP contribution < -0.4 is 5.32 Å². The molecule has 5 N–H and O–H groups in total. The van der Waals surface area contributed by atoms with E-state index < -0.39 is 49.1 Å². The summed E-state index contributed by atoms with van der Waals surface area (Å²) >= 11 is 0. The van der Waals surface area contributed by atoms with Crippen LogP contribution in [0.15, 0.2) is 0 Å². The Kier molecular flexibility index (Phi) is 9.91. The van der Waals surface area contributed by atoms with Gasteiger partial charge in [-0.3, -0.25) is 9.59 Å². The first-order chi connectivity index (χ1) is 11.9. The van der Waals surface area contributed by atoms with E-state index in [9.17, 15) is 24.9 Å². The van der Waals surface area contributed by atoms with Crippen molar-refractivity contribution >= 4 is 11.9 Å². The molecule has 0 aliphatic carbocycles. The van der Waals surface area contributed by atoms with E-state index in [2.05, 4.69) is 12.2 Å². The molecule has 1 rings (SSSR count). The standard InChI is InChI=1S/C16H29NO8/c1-2-3-4-5-6-7-8-24-16-13(22)11(20)12(21)14(25-16)15(23)17-9-10(18)19/h11-14,16,20-22H,2-9H2,1H3,(H,17,23)(H,18,19)/t11-,12-,13+,14-,16-/m0/s1. The highest BCUT2D eigenvalue weighted by Gasteiger charge is 2.47. The number of carboxylic acid groups (broad SMARTS) is 1. The van der Waals surface area contributed by atoms with Gasteiger partial charge in [0.05, 0.1) is 0 Å². The number of hydrogen-bond acceptors (Lipinski definition) is 7. The minimum absolute atomic E-state index is 0.278. The quantitative estimate of drug-likeness (QED) is 0.305. The summed E-state index contributed by atoms with van der Waals surface area (Å²) in [5, 5.41) is 40.2. The summed E-state index contributed by atoms with van der Waals surface area (Å²) in [6, 6.07) is 0. The molecule has 1 saturated heterocycles. The number of aliphatic hydroxyl groups is 3. The number of rotatable bonds is 11. The molecule has 1 fully saturated rings. The van der Waals surface area contributed by atoms with E-state index in [0.29, 0.717) is 0 Å². The number of hydrogen-bond donors (Lipinski definition) is 5. The predicted octanol–water partition coefficient (Wildman–Crippen LogP) is -0.628. The van der Waals surface area contributed by atoms with Gasteiger partial charge in [0.15, 0.2) is 12.4 Å². The number of amides is 1. The van der Waals surface area contributed by atoms with Crippen molar-refractivity contribution in [2.45, 2.75) is 76.2 Å². The summed E-state index contributed by atoms with van der Waals surface area (Å²) in [6.07, 6.45) is -1.35. The van der Waals surface area contributed by atoms with Crippen molar-refractivity contribution in [1.82, 2.24) is 5.32 Å². The Hall–Kier alpha value is -1.26. The highest BCUT2D eigenvalue weighted by Crippen LogP contribution is 2.22. The molecule has 9 nitrogen and oxygen atoms in total. The van der Waals surface area contributed by atoms with Crippen LogP contribution in [0.1, 0.15) is 45.4 Å². The molecule has 0 aromatic heterocycles. The third kappa shape index (κ3) is 7.25. The van der Waals surface area contributed by atoms with Gasteiger partial charge >= 0.3 is 5.97 Å². The predicted molar refractivity (Wildman–Crippen MR) is 86.7 cm³/mol. The molecule has 5 atom stereocenters. The number of carboxylic acids is 1. The van der Waals surface area contributed by atoms with Crippen LogP contribution in [0.4, 0.5) is 0 Å². The first-order valence-electron chi connectivity index (χ1n) is 8.69. The van der Waals surface area contributed by atoms with Crippen molar-refractivity contribution in [3.63, 3.8) is 0 Å². The topological polar surface area (TPSA) is 146 Å². The average Bonchev–Trinajstić information content (AvgIpc) is 2.58. The van der Waals surface area contributed by atoms with Crippen LogP contribution in [0.3, 0.4) is 0 Å². The van der Waals surface area contributed by atoms with Gasteiger partial charge in [0.2, 0.25) is 0 Å². The average molecular weight is 363 g/mol. The lowest BCUT2D eigenvalue weighted by Gasteiger charge is -2.39. The number of carbonyl (C=O) groups excluding carboxylic acids is 1. The maximum Gasteiger partial charge on any atom is 0.322 e. The molecule has 0 radical (unpaired) electrons. The Balaban J connectivity index is 2.44. The summed E-state index contributed by atoms with van der Waals surface area (Å²) < 4.78 is 10.6. The Morgan fingerprint density at radius 1 is 1.00 bits per heavy atom. The van der Waals surface area contributed by atoms with Gasteiger partial charge in [0, 0.05) is 6.61 Å². The molecule has 0 aromatic rings. The molecule has 0 saturated carbocycles. The van der Waals surface area contributed by atoms with Crippen LogP contribution in [-0.4, -0.2) is 76.2 Å². The van der Waals surface area contributed by atoms with Gasteiger partial charge in [0.1, 0.15) is 24.9 Å². The molecule has 25 heavy (non-hydrogen) atoms. The second-order valence-corrected chi connectivity index (χ2v) is 6.15. The SMILES string of the molecule is CCCCCCCCO[C@H]1O[C@H](C(=O)NCC(=O)O)[C@@H](O)[C@H](O)[C@H]1O. The van der Waals surface area contributed by atoms with Crippen molar-refractivity contribution in [3.05, 3.63) is 0 Å². The van der Waals surface area contributed by atoms with E-state index in [1.165, 1.54) is 6.42 Å². The molecule has 0 bridgehead atoms. The Morgan fingerprint density at radius 3 is 2.28 bits per heavy atom. The maximum absolute atomic E-state index is 11.9. The molecular weight excluding hydrogens is 334 g/mol. The van der Waals surface area contributed by atoms with Crippen LogP contribution in [0.25, 0.3) is 0 Å². The van der Waals surface area contributed by atoms with Crippen LogP contribution in [0.2, 0.25) is 0 Å². The number of aliphatic carboxylic acids is 1. The van der Waals surface area contributed by atoms with E-state index in [-0.39, 0.29) is 6.61 Å². The van der Waals surface area contributed by atoms with Crippen molar-refractivity contribution in [2.75, 3.05) is 13.2 Å². The zero-order chi connectivity index (χ0) is 18.8. The Labute approximate surface area is 146 Å². The minimum atomic E-state index is -1.68. The summed E-state index contributed by atoms with van der Waals surface area (Å²) in [5.74, 6) is -2.15. The molecule has 9 heteroatoms. The molecule has 1 heterocycles. The van der Waals surface area contributed by atoms with E-state index in [1.807, 2.05) is 0 Å². The van der Waals surface area contributed by atoms with E-state index in [1.54, 1.807) is 0 Å². The van der Waals surface area contributed by atoms with Crippen LogP contribution >= 0.6 is 0 Å². The summed E-state index contributed by atoms with van der Waals surface area (Å²) in [7, 11) is 0. The number of nitrogens with one attached hydrogen (secondary N) is 1. The van der Waals surface area contributed by atoms with Crippen LogP contribution in [0.5, 0.6) is 0 Å². The Bertz CT molecular complexity index is 419. The van der Waals surface area contributed by atoms with Crippen LogP contribution in [0, 0.1) is 0 Å². The van der Waals surface area contributed by atoms with E-state index in [4.69, 9.17) is 14.6 Å². The summed E-state index contributed by atoms with van der Waals surface area (Å²) in [4.78, 5) is 22.4. The number of carbonyl (C=O) groups is 2. The molecule has 1 aliphatic heterocycles. The lowest BCUT2D eigenvalue weighted by atomic mass is 9.98. The monoisotopic (exact) mass is 363 g/mol. The van der Waals surface area contributed by atoms with Gasteiger partial charge < -0.3 is 35.2 Å². The van der Waals surface area contributed by atoms with Gasteiger partial charge in [-0.25, -0.2) is 0 Å². The third-order valence-corrected chi connectivity index (χ3v) is 4.02. The van der Waals surface area contributed by atoms with Crippen molar-refractivity contribution in [3.8, 4) is 0 Å². The van der Waals surface area contributed by atoms with Gasteiger partial charge in [-0.1, -0.05) is 39.0 Å². The molecule has 0 unspecified atom stereocenters. The molecule has 0 aromatic carbocycles. The third-order valence-electron chi connectivity index (χ3n) is 4.02. The molecular formula is C16H29NO8. The second-order valence-electron chi connectivity index (χ2n) is 6.15. The molecule has 0 spiro atoms. The molecule has 1 amide bonds. The summed E-state index contributed by atoms with van der Waals surface area (Å²) in [5.41, 5.74) is 0. The lowest BCUT2D eigenvalue weighted by molar-refractivity contribution is -0.290. The van der Waals surface area contributed by atoms with Crippen molar-refractivity contribution < 1.29 is 39.5 Å². The fourth-order valence-electron chi connectivity index (χ4n) is 2.55. The van der Waals surface area contributed by atoms with Gasteiger partial charge in [-0.15, -0.1) is 0 Å².